The van der Waals surface area contributed by atoms with Gasteiger partial charge in [0, 0.05) is 6.92 Å². The number of aryl methyl sites for hydroxylation is 1. The molecule has 0 radical (unpaired) electrons. The highest BCUT2D eigenvalue weighted by molar-refractivity contribution is 7.94. The zero-order chi connectivity index (χ0) is 15.6. The van der Waals surface area contributed by atoms with Gasteiger partial charge in [-0.3, -0.25) is 9.52 Å². The fourth-order valence-electron chi connectivity index (χ4n) is 1.54. The summed E-state index contributed by atoms with van der Waals surface area (Å²) in [6.45, 7) is 2.69. The highest BCUT2D eigenvalue weighted by atomic mass is 32.2. The van der Waals surface area contributed by atoms with Crippen LogP contribution in [0.3, 0.4) is 0 Å². The summed E-state index contributed by atoms with van der Waals surface area (Å²) in [6.07, 6.45) is 0. The Bertz CT molecular complexity index is 769. The topological polar surface area (TPSA) is 122 Å². The minimum absolute atomic E-state index is 0.147. The quantitative estimate of drug-likeness (QED) is 0.852. The van der Waals surface area contributed by atoms with Crippen molar-refractivity contribution in [2.75, 3.05) is 4.72 Å². The standard InChI is InChI=1S/C12H13N3O5S/c1-7(12(16)17)21(18,19)15-10-6-4-3-5-9(10)11-14-13-8(2)20-11/h3-7,15H,1-2H3,(H,16,17). The largest absolute Gasteiger partial charge is 0.480 e. The van der Waals surface area contributed by atoms with Crippen LogP contribution in [0.1, 0.15) is 12.8 Å². The third-order valence-corrected chi connectivity index (χ3v) is 4.39. The third-order valence-electron chi connectivity index (χ3n) is 2.75. The van der Waals surface area contributed by atoms with Gasteiger partial charge in [-0.15, -0.1) is 10.2 Å². The van der Waals surface area contributed by atoms with Gasteiger partial charge in [-0.05, 0) is 19.1 Å². The van der Waals surface area contributed by atoms with Gasteiger partial charge in [0.1, 0.15) is 0 Å². The van der Waals surface area contributed by atoms with Crippen LogP contribution in [0.4, 0.5) is 5.69 Å². The first-order valence-corrected chi connectivity index (χ1v) is 7.50. The molecular weight excluding hydrogens is 298 g/mol. The molecule has 2 aromatic rings. The van der Waals surface area contributed by atoms with E-state index in [1.807, 2.05) is 0 Å². The summed E-state index contributed by atoms with van der Waals surface area (Å²) in [7, 11) is -4.08. The number of carboxylic acids is 1. The number of nitrogens with one attached hydrogen (secondary N) is 1. The van der Waals surface area contributed by atoms with Crippen LogP contribution in [0.2, 0.25) is 0 Å². The molecule has 1 aromatic heterocycles. The van der Waals surface area contributed by atoms with Crippen LogP contribution in [0.25, 0.3) is 11.5 Å². The maximum atomic E-state index is 12.0. The van der Waals surface area contributed by atoms with Crippen molar-refractivity contribution in [2.24, 2.45) is 0 Å². The van der Waals surface area contributed by atoms with E-state index in [2.05, 4.69) is 14.9 Å². The first-order chi connectivity index (χ1) is 9.81. The molecule has 1 aromatic carbocycles. The van der Waals surface area contributed by atoms with Gasteiger partial charge in [-0.25, -0.2) is 8.42 Å². The second-order valence-corrected chi connectivity index (χ2v) is 6.30. The smallest absolute Gasteiger partial charge is 0.323 e. The van der Waals surface area contributed by atoms with E-state index in [0.717, 1.165) is 6.92 Å². The van der Waals surface area contributed by atoms with Gasteiger partial charge in [0.15, 0.2) is 5.25 Å². The van der Waals surface area contributed by atoms with Crippen LogP contribution < -0.4 is 4.72 Å². The molecule has 0 fully saturated rings. The van der Waals surface area contributed by atoms with E-state index < -0.39 is 21.2 Å². The normalized spacial score (nSPS) is 12.9. The molecule has 112 valence electrons. The van der Waals surface area contributed by atoms with E-state index in [0.29, 0.717) is 11.5 Å². The minimum Gasteiger partial charge on any atom is -0.480 e. The number of carbonyl (C=O) groups is 1. The van der Waals surface area contributed by atoms with Crippen molar-refractivity contribution in [3.63, 3.8) is 0 Å². The molecule has 0 saturated heterocycles. The number of anilines is 1. The monoisotopic (exact) mass is 311 g/mol. The molecule has 0 aliphatic carbocycles. The Morgan fingerprint density at radius 3 is 2.57 bits per heavy atom. The summed E-state index contributed by atoms with van der Waals surface area (Å²) in [4.78, 5) is 10.8. The Morgan fingerprint density at radius 2 is 2.00 bits per heavy atom. The molecular formula is C12H13N3O5S. The van der Waals surface area contributed by atoms with E-state index in [4.69, 9.17) is 9.52 Å². The van der Waals surface area contributed by atoms with E-state index in [-0.39, 0.29) is 11.6 Å². The second-order valence-electron chi connectivity index (χ2n) is 4.30. The molecule has 0 bridgehead atoms. The van der Waals surface area contributed by atoms with Gasteiger partial charge in [0.2, 0.25) is 21.8 Å². The van der Waals surface area contributed by atoms with Crippen molar-refractivity contribution < 1.29 is 22.7 Å². The number of carboxylic acid groups (broad SMARTS) is 1. The average Bonchev–Trinajstić information content (AvgIpc) is 2.84. The highest BCUT2D eigenvalue weighted by Gasteiger charge is 2.28. The van der Waals surface area contributed by atoms with Crippen LogP contribution in [-0.2, 0) is 14.8 Å². The van der Waals surface area contributed by atoms with E-state index in [9.17, 15) is 13.2 Å². The van der Waals surface area contributed by atoms with Crippen molar-refractivity contribution >= 4 is 21.7 Å². The van der Waals surface area contributed by atoms with Crippen molar-refractivity contribution in [3.05, 3.63) is 30.2 Å². The number of aromatic nitrogens is 2. The van der Waals surface area contributed by atoms with Gasteiger partial charge in [0.25, 0.3) is 0 Å². The maximum absolute atomic E-state index is 12.0. The summed E-state index contributed by atoms with van der Waals surface area (Å²) in [5.41, 5.74) is 0.550. The number of hydrogen-bond acceptors (Lipinski definition) is 6. The number of benzene rings is 1. The SMILES string of the molecule is Cc1nnc(-c2ccccc2NS(=O)(=O)C(C)C(=O)O)o1. The lowest BCUT2D eigenvalue weighted by Crippen LogP contribution is -2.32. The number of nitrogens with zero attached hydrogens (tertiary/aromatic N) is 2. The minimum atomic E-state index is -4.08. The first kappa shape index (κ1) is 15.0. The van der Waals surface area contributed by atoms with Gasteiger partial charge in [0.05, 0.1) is 11.3 Å². The summed E-state index contributed by atoms with van der Waals surface area (Å²) < 4.78 is 31.4. The van der Waals surface area contributed by atoms with Gasteiger partial charge >= 0.3 is 5.97 Å². The fourth-order valence-corrected chi connectivity index (χ4v) is 2.47. The van der Waals surface area contributed by atoms with E-state index >= 15 is 0 Å². The number of rotatable bonds is 5. The Hall–Kier alpha value is -2.42. The molecule has 21 heavy (non-hydrogen) atoms. The maximum Gasteiger partial charge on any atom is 0.323 e. The summed E-state index contributed by atoms with van der Waals surface area (Å²) >= 11 is 0. The van der Waals surface area contributed by atoms with Crippen LogP contribution >= 0.6 is 0 Å². The molecule has 1 unspecified atom stereocenters. The lowest BCUT2D eigenvalue weighted by atomic mass is 10.2. The van der Waals surface area contributed by atoms with Crippen LogP contribution in [0, 0.1) is 6.92 Å². The zero-order valence-electron chi connectivity index (χ0n) is 11.3. The summed E-state index contributed by atoms with van der Waals surface area (Å²) in [5, 5.41) is 14.7. The summed E-state index contributed by atoms with van der Waals surface area (Å²) in [5.74, 6) is -0.955. The van der Waals surface area contributed by atoms with E-state index in [1.54, 1.807) is 25.1 Å². The Kier molecular flexibility index (Phi) is 3.94. The number of hydrogen-bond donors (Lipinski definition) is 2. The average molecular weight is 311 g/mol. The molecule has 9 heteroatoms. The third kappa shape index (κ3) is 3.19. The molecule has 1 atom stereocenters. The molecule has 0 aliphatic rings. The molecule has 1 heterocycles. The Morgan fingerprint density at radius 1 is 1.33 bits per heavy atom. The highest BCUT2D eigenvalue weighted by Crippen LogP contribution is 2.27. The molecule has 0 saturated carbocycles. The Balaban J connectivity index is 2.40. The number of aliphatic carboxylic acids is 1. The van der Waals surface area contributed by atoms with Crippen molar-refractivity contribution in [3.8, 4) is 11.5 Å². The number of para-hydroxylation sites is 1. The zero-order valence-corrected chi connectivity index (χ0v) is 12.1. The van der Waals surface area contributed by atoms with Crippen LogP contribution in [0.15, 0.2) is 28.7 Å². The number of sulfonamides is 1. The van der Waals surface area contributed by atoms with Gasteiger partial charge in [-0.2, -0.15) is 0 Å². The lowest BCUT2D eigenvalue weighted by Gasteiger charge is -2.13. The molecule has 2 rings (SSSR count). The van der Waals surface area contributed by atoms with Crippen LogP contribution in [0.5, 0.6) is 0 Å². The second kappa shape index (κ2) is 5.52. The van der Waals surface area contributed by atoms with Gasteiger partial charge < -0.3 is 9.52 Å². The molecule has 0 amide bonds. The van der Waals surface area contributed by atoms with Gasteiger partial charge in [-0.1, -0.05) is 12.1 Å². The predicted molar refractivity (Wildman–Crippen MR) is 74.1 cm³/mol. The molecule has 0 aliphatic heterocycles. The van der Waals surface area contributed by atoms with E-state index in [1.165, 1.54) is 6.07 Å². The molecule has 2 N–H and O–H groups in total. The molecule has 8 nitrogen and oxygen atoms in total. The van der Waals surface area contributed by atoms with Crippen molar-refractivity contribution in [1.29, 1.82) is 0 Å². The molecule has 0 spiro atoms. The van der Waals surface area contributed by atoms with Crippen LogP contribution in [-0.4, -0.2) is 34.9 Å². The van der Waals surface area contributed by atoms with Crippen molar-refractivity contribution in [1.82, 2.24) is 10.2 Å². The first-order valence-electron chi connectivity index (χ1n) is 5.95. The Labute approximate surface area is 120 Å². The summed E-state index contributed by atoms with van der Waals surface area (Å²) in [6, 6.07) is 6.36. The fraction of sp³-hybridized carbons (Fsp3) is 0.250. The lowest BCUT2D eigenvalue weighted by molar-refractivity contribution is -0.136. The van der Waals surface area contributed by atoms with Crippen molar-refractivity contribution in [2.45, 2.75) is 19.1 Å². The predicted octanol–water partition coefficient (Wildman–Crippen LogP) is 1.26.